The van der Waals surface area contributed by atoms with Crippen LogP contribution in [-0.4, -0.2) is 33.5 Å². The number of aliphatic carboxylic acids is 1. The Balaban J connectivity index is 2.10. The highest BCUT2D eigenvalue weighted by Gasteiger charge is 2.36. The van der Waals surface area contributed by atoms with E-state index in [-0.39, 0.29) is 5.56 Å². The second-order valence-corrected chi connectivity index (χ2v) is 5.94. The monoisotopic (exact) mass is 332 g/mol. The van der Waals surface area contributed by atoms with Crippen molar-refractivity contribution in [3.63, 3.8) is 0 Å². The summed E-state index contributed by atoms with van der Waals surface area (Å²) in [5, 5.41) is 9.56. The summed E-state index contributed by atoms with van der Waals surface area (Å²) in [4.78, 5) is 17.4. The van der Waals surface area contributed by atoms with E-state index in [1.807, 2.05) is 0 Å². The lowest BCUT2D eigenvalue weighted by molar-refractivity contribution is -0.145. The number of piperidine rings is 1. The number of hydrogen-bond donors (Lipinski definition) is 1. The molecule has 126 valence electrons. The van der Waals surface area contributed by atoms with E-state index in [0.29, 0.717) is 13.0 Å². The molecular formula is C18H18F2N2O2. The summed E-state index contributed by atoms with van der Waals surface area (Å²) >= 11 is 0. The average Bonchev–Trinajstić information content (AvgIpc) is 2.58. The standard InChI is InChI=1S/C18H18F2N2O2/c19-13-4-5-14(15(20)11-13)17(12-6-8-21-9-7-12)22-10-2-1-3-16(22)18(23)24/h4-9,11,16-17H,1-3,10H2,(H,23,24). The molecule has 3 rings (SSSR count). The summed E-state index contributed by atoms with van der Waals surface area (Å²) in [6.45, 7) is 0.542. The van der Waals surface area contributed by atoms with E-state index in [1.54, 1.807) is 29.4 Å². The minimum Gasteiger partial charge on any atom is -0.480 e. The van der Waals surface area contributed by atoms with Gasteiger partial charge in [0.2, 0.25) is 0 Å². The Morgan fingerprint density at radius 1 is 1.21 bits per heavy atom. The second-order valence-electron chi connectivity index (χ2n) is 5.94. The van der Waals surface area contributed by atoms with Crippen LogP contribution in [0.25, 0.3) is 0 Å². The van der Waals surface area contributed by atoms with Crippen LogP contribution in [0.5, 0.6) is 0 Å². The number of likely N-dealkylation sites (tertiary alicyclic amines) is 1. The normalized spacial score (nSPS) is 19.8. The number of pyridine rings is 1. The molecule has 1 fully saturated rings. The molecule has 0 spiro atoms. The fourth-order valence-electron chi connectivity index (χ4n) is 3.35. The molecule has 24 heavy (non-hydrogen) atoms. The van der Waals surface area contributed by atoms with Crippen molar-refractivity contribution >= 4 is 5.97 Å². The first-order valence-corrected chi connectivity index (χ1v) is 7.91. The highest BCUT2D eigenvalue weighted by molar-refractivity contribution is 5.73. The summed E-state index contributed by atoms with van der Waals surface area (Å²) in [5.74, 6) is -2.25. The zero-order valence-corrected chi connectivity index (χ0v) is 13.0. The van der Waals surface area contributed by atoms with Crippen LogP contribution in [0.2, 0.25) is 0 Å². The maximum Gasteiger partial charge on any atom is 0.320 e. The van der Waals surface area contributed by atoms with Crippen LogP contribution in [0.15, 0.2) is 42.7 Å². The molecular weight excluding hydrogens is 314 g/mol. The van der Waals surface area contributed by atoms with Crippen molar-refractivity contribution in [2.24, 2.45) is 0 Å². The molecule has 1 aromatic heterocycles. The van der Waals surface area contributed by atoms with Gasteiger partial charge in [-0.25, -0.2) is 8.78 Å². The van der Waals surface area contributed by atoms with E-state index in [0.717, 1.165) is 24.5 Å². The molecule has 2 aromatic rings. The minimum atomic E-state index is -0.920. The zero-order valence-electron chi connectivity index (χ0n) is 13.0. The molecule has 0 saturated carbocycles. The first-order chi connectivity index (χ1) is 11.6. The van der Waals surface area contributed by atoms with Crippen molar-refractivity contribution in [1.29, 1.82) is 0 Å². The van der Waals surface area contributed by atoms with Gasteiger partial charge in [-0.05, 0) is 43.1 Å². The van der Waals surface area contributed by atoms with Gasteiger partial charge in [0.1, 0.15) is 17.7 Å². The quantitative estimate of drug-likeness (QED) is 0.932. The van der Waals surface area contributed by atoms with Crippen molar-refractivity contribution in [2.45, 2.75) is 31.3 Å². The van der Waals surface area contributed by atoms with Crippen molar-refractivity contribution in [1.82, 2.24) is 9.88 Å². The van der Waals surface area contributed by atoms with Crippen LogP contribution >= 0.6 is 0 Å². The first kappa shape index (κ1) is 16.5. The number of benzene rings is 1. The molecule has 1 aliphatic heterocycles. The number of carboxylic acid groups (broad SMARTS) is 1. The van der Waals surface area contributed by atoms with Crippen LogP contribution in [-0.2, 0) is 4.79 Å². The van der Waals surface area contributed by atoms with Crippen molar-refractivity contribution in [3.8, 4) is 0 Å². The Morgan fingerprint density at radius 2 is 1.96 bits per heavy atom. The number of carboxylic acids is 1. The molecule has 1 N–H and O–H groups in total. The summed E-state index contributed by atoms with van der Waals surface area (Å²) in [6, 6.07) is 5.62. The topological polar surface area (TPSA) is 53.4 Å². The summed E-state index contributed by atoms with van der Waals surface area (Å²) < 4.78 is 27.7. The van der Waals surface area contributed by atoms with Crippen LogP contribution in [0.4, 0.5) is 8.78 Å². The van der Waals surface area contributed by atoms with Gasteiger partial charge < -0.3 is 5.11 Å². The van der Waals surface area contributed by atoms with Gasteiger partial charge >= 0.3 is 5.97 Å². The molecule has 0 aliphatic carbocycles. The highest BCUT2D eigenvalue weighted by atomic mass is 19.1. The molecule has 2 heterocycles. The average molecular weight is 332 g/mol. The third kappa shape index (κ3) is 3.28. The van der Waals surface area contributed by atoms with Crippen molar-refractivity contribution in [2.75, 3.05) is 6.54 Å². The maximum atomic E-state index is 14.4. The van der Waals surface area contributed by atoms with E-state index in [9.17, 15) is 18.7 Å². The van der Waals surface area contributed by atoms with Gasteiger partial charge in [-0.15, -0.1) is 0 Å². The van der Waals surface area contributed by atoms with Crippen molar-refractivity contribution < 1.29 is 18.7 Å². The summed E-state index contributed by atoms with van der Waals surface area (Å²) in [6.07, 6.45) is 5.35. The van der Waals surface area contributed by atoms with E-state index in [4.69, 9.17) is 0 Å². The predicted octanol–water partition coefficient (Wildman–Crippen LogP) is 3.39. The van der Waals surface area contributed by atoms with Gasteiger partial charge in [0.05, 0.1) is 6.04 Å². The predicted molar refractivity (Wildman–Crippen MR) is 84.4 cm³/mol. The van der Waals surface area contributed by atoms with E-state index < -0.39 is 29.7 Å². The zero-order chi connectivity index (χ0) is 17.1. The van der Waals surface area contributed by atoms with E-state index >= 15 is 0 Å². The van der Waals surface area contributed by atoms with Crippen LogP contribution in [0.3, 0.4) is 0 Å². The maximum absolute atomic E-state index is 14.4. The molecule has 2 atom stereocenters. The SMILES string of the molecule is O=C(O)C1CCCCN1C(c1ccncc1)c1ccc(F)cc1F. The first-order valence-electron chi connectivity index (χ1n) is 7.91. The number of aromatic nitrogens is 1. The lowest BCUT2D eigenvalue weighted by atomic mass is 9.92. The van der Waals surface area contributed by atoms with Crippen LogP contribution < -0.4 is 0 Å². The number of halogens is 2. The molecule has 0 radical (unpaired) electrons. The smallest absolute Gasteiger partial charge is 0.320 e. The third-order valence-electron chi connectivity index (χ3n) is 4.44. The van der Waals surface area contributed by atoms with Crippen LogP contribution in [0.1, 0.15) is 36.4 Å². The van der Waals surface area contributed by atoms with Gasteiger partial charge in [-0.3, -0.25) is 14.7 Å². The van der Waals surface area contributed by atoms with Gasteiger partial charge in [0, 0.05) is 24.0 Å². The molecule has 2 unspecified atom stereocenters. The Kier molecular flexibility index (Phi) is 4.85. The number of carbonyl (C=O) groups is 1. The molecule has 4 nitrogen and oxygen atoms in total. The number of nitrogens with zero attached hydrogens (tertiary/aromatic N) is 2. The van der Waals surface area contributed by atoms with Crippen LogP contribution in [0, 0.1) is 11.6 Å². The summed E-state index contributed by atoms with van der Waals surface area (Å²) in [7, 11) is 0. The molecule has 0 amide bonds. The summed E-state index contributed by atoms with van der Waals surface area (Å²) in [5.41, 5.74) is 1.01. The van der Waals surface area contributed by atoms with Gasteiger partial charge in [-0.1, -0.05) is 12.5 Å². The molecule has 0 bridgehead atoms. The third-order valence-corrected chi connectivity index (χ3v) is 4.44. The van der Waals surface area contributed by atoms with E-state index in [2.05, 4.69) is 4.98 Å². The molecule has 1 aromatic carbocycles. The van der Waals surface area contributed by atoms with Gasteiger partial charge in [0.15, 0.2) is 0 Å². The molecule has 1 saturated heterocycles. The fourth-order valence-corrected chi connectivity index (χ4v) is 3.35. The lowest BCUT2D eigenvalue weighted by Crippen LogP contribution is -2.47. The minimum absolute atomic E-state index is 0.274. The Morgan fingerprint density at radius 3 is 2.62 bits per heavy atom. The van der Waals surface area contributed by atoms with Gasteiger partial charge in [-0.2, -0.15) is 0 Å². The number of rotatable bonds is 4. The van der Waals surface area contributed by atoms with Crippen molar-refractivity contribution in [3.05, 3.63) is 65.5 Å². The largest absolute Gasteiger partial charge is 0.480 e. The number of hydrogen-bond acceptors (Lipinski definition) is 3. The molecule has 1 aliphatic rings. The van der Waals surface area contributed by atoms with Gasteiger partial charge in [0.25, 0.3) is 0 Å². The fraction of sp³-hybridized carbons (Fsp3) is 0.333. The Bertz CT molecular complexity index is 724. The van der Waals surface area contributed by atoms with E-state index in [1.165, 1.54) is 12.1 Å². The highest BCUT2D eigenvalue weighted by Crippen LogP contribution is 2.35. The lowest BCUT2D eigenvalue weighted by Gasteiger charge is -2.39. The Hall–Kier alpha value is -2.34. The molecule has 6 heteroatoms. The second kappa shape index (κ2) is 7.05. The Labute approximate surface area is 138 Å².